The van der Waals surface area contributed by atoms with Crippen molar-refractivity contribution in [2.75, 3.05) is 0 Å². The maximum Gasteiger partial charge on any atom is 0.0302 e. The molecule has 1 unspecified atom stereocenters. The first-order valence-electron chi connectivity index (χ1n) is 4.22. The molecule has 1 atom stereocenters. The summed E-state index contributed by atoms with van der Waals surface area (Å²) in [6, 6.07) is 0. The Bertz CT molecular complexity index is 143. The van der Waals surface area contributed by atoms with Gasteiger partial charge in [0.05, 0.1) is 0 Å². The van der Waals surface area contributed by atoms with Gasteiger partial charge >= 0.3 is 0 Å². The monoisotopic (exact) mass is 216 g/mol. The van der Waals surface area contributed by atoms with Crippen molar-refractivity contribution in [3.63, 3.8) is 0 Å². The lowest BCUT2D eigenvalue weighted by Gasteiger charge is -1.98. The quantitative estimate of drug-likeness (QED) is 0.491. The minimum atomic E-state index is 0.485. The van der Waals surface area contributed by atoms with Crippen molar-refractivity contribution in [1.82, 2.24) is 0 Å². The molecular formula is C10H17Br. The Morgan fingerprint density at radius 1 is 1.45 bits per heavy atom. The SMILES string of the molecule is CC/C=C\C(=C/C(C)Br)CC. The van der Waals surface area contributed by atoms with Gasteiger partial charge in [-0.05, 0) is 19.8 Å². The van der Waals surface area contributed by atoms with E-state index in [1.54, 1.807) is 0 Å². The third kappa shape index (κ3) is 6.36. The summed E-state index contributed by atoms with van der Waals surface area (Å²) in [6.45, 7) is 6.47. The molecule has 0 fully saturated rings. The van der Waals surface area contributed by atoms with Gasteiger partial charge in [-0.2, -0.15) is 0 Å². The molecule has 0 saturated heterocycles. The molecule has 0 aliphatic heterocycles. The van der Waals surface area contributed by atoms with Crippen LogP contribution in [0.3, 0.4) is 0 Å². The predicted molar refractivity (Wildman–Crippen MR) is 56.2 cm³/mol. The zero-order chi connectivity index (χ0) is 8.69. The second-order valence-electron chi connectivity index (χ2n) is 2.58. The Hall–Kier alpha value is -0.0400. The zero-order valence-electron chi connectivity index (χ0n) is 7.60. The van der Waals surface area contributed by atoms with E-state index in [1.165, 1.54) is 5.57 Å². The highest BCUT2D eigenvalue weighted by Crippen LogP contribution is 2.09. The lowest BCUT2D eigenvalue weighted by molar-refractivity contribution is 1.10. The van der Waals surface area contributed by atoms with E-state index in [0.717, 1.165) is 12.8 Å². The fraction of sp³-hybridized carbons (Fsp3) is 0.600. The third-order valence-corrected chi connectivity index (χ3v) is 1.68. The first-order chi connectivity index (χ1) is 5.20. The number of allylic oxidation sites excluding steroid dienone is 4. The molecule has 1 heteroatoms. The first kappa shape index (κ1) is 11.0. The highest BCUT2D eigenvalue weighted by atomic mass is 79.9. The van der Waals surface area contributed by atoms with E-state index in [1.807, 2.05) is 0 Å². The molecular weight excluding hydrogens is 200 g/mol. The second-order valence-corrected chi connectivity index (χ2v) is 4.03. The van der Waals surface area contributed by atoms with Gasteiger partial charge in [0.15, 0.2) is 0 Å². The van der Waals surface area contributed by atoms with E-state index >= 15 is 0 Å². The normalized spacial score (nSPS) is 15.8. The van der Waals surface area contributed by atoms with Crippen LogP contribution in [0.1, 0.15) is 33.6 Å². The van der Waals surface area contributed by atoms with Crippen molar-refractivity contribution in [2.24, 2.45) is 0 Å². The standard InChI is InChI=1S/C10H17Br/c1-4-6-7-10(5-2)8-9(3)11/h6-9H,4-5H2,1-3H3/b7-6-,10-8-. The molecule has 0 aromatic heterocycles. The Morgan fingerprint density at radius 3 is 2.45 bits per heavy atom. The molecule has 0 saturated carbocycles. The summed E-state index contributed by atoms with van der Waals surface area (Å²) in [5, 5.41) is 0. The molecule has 0 nitrogen and oxygen atoms in total. The van der Waals surface area contributed by atoms with Crippen LogP contribution in [0.4, 0.5) is 0 Å². The van der Waals surface area contributed by atoms with Gasteiger partial charge in [-0.15, -0.1) is 0 Å². The van der Waals surface area contributed by atoms with Crippen molar-refractivity contribution in [3.8, 4) is 0 Å². The van der Waals surface area contributed by atoms with Crippen LogP contribution >= 0.6 is 15.9 Å². The van der Waals surface area contributed by atoms with Crippen LogP contribution < -0.4 is 0 Å². The summed E-state index contributed by atoms with van der Waals surface area (Å²) < 4.78 is 0. The van der Waals surface area contributed by atoms with Gasteiger partial charge in [0.25, 0.3) is 0 Å². The van der Waals surface area contributed by atoms with Crippen molar-refractivity contribution in [3.05, 3.63) is 23.8 Å². The van der Waals surface area contributed by atoms with Crippen LogP contribution in [0.2, 0.25) is 0 Å². The third-order valence-electron chi connectivity index (χ3n) is 1.42. The number of rotatable bonds is 4. The molecule has 0 bridgehead atoms. The van der Waals surface area contributed by atoms with E-state index in [9.17, 15) is 0 Å². The van der Waals surface area contributed by atoms with Crippen molar-refractivity contribution >= 4 is 15.9 Å². The molecule has 0 aliphatic carbocycles. The van der Waals surface area contributed by atoms with Crippen LogP contribution in [-0.4, -0.2) is 4.83 Å². The number of hydrogen-bond acceptors (Lipinski definition) is 0. The summed E-state index contributed by atoms with van der Waals surface area (Å²) in [5.74, 6) is 0. The van der Waals surface area contributed by atoms with E-state index in [0.29, 0.717) is 4.83 Å². The molecule has 64 valence electrons. The molecule has 0 amide bonds. The highest BCUT2D eigenvalue weighted by Gasteiger charge is 1.91. The number of alkyl halides is 1. The summed E-state index contributed by atoms with van der Waals surface area (Å²) in [6.07, 6.45) is 8.88. The number of hydrogen-bond donors (Lipinski definition) is 0. The molecule has 0 spiro atoms. The van der Waals surface area contributed by atoms with Gasteiger partial charge in [0.2, 0.25) is 0 Å². The summed E-state index contributed by atoms with van der Waals surface area (Å²) in [4.78, 5) is 0.485. The predicted octanol–water partition coefficient (Wildman–Crippen LogP) is 4.07. The van der Waals surface area contributed by atoms with Crippen molar-refractivity contribution in [2.45, 2.75) is 38.4 Å². The Balaban J connectivity index is 4.04. The molecule has 0 rings (SSSR count). The Labute approximate surface area is 78.5 Å². The maximum atomic E-state index is 3.50. The summed E-state index contributed by atoms with van der Waals surface area (Å²) in [7, 11) is 0. The van der Waals surface area contributed by atoms with Crippen molar-refractivity contribution in [1.29, 1.82) is 0 Å². The second kappa shape index (κ2) is 6.66. The van der Waals surface area contributed by atoms with E-state index in [4.69, 9.17) is 0 Å². The summed E-state index contributed by atoms with van der Waals surface area (Å²) in [5.41, 5.74) is 1.41. The summed E-state index contributed by atoms with van der Waals surface area (Å²) >= 11 is 3.50. The fourth-order valence-corrected chi connectivity index (χ4v) is 1.19. The first-order valence-corrected chi connectivity index (χ1v) is 5.13. The van der Waals surface area contributed by atoms with E-state index in [2.05, 4.69) is 54.9 Å². The van der Waals surface area contributed by atoms with Gasteiger partial charge < -0.3 is 0 Å². The van der Waals surface area contributed by atoms with Crippen LogP contribution in [0, 0.1) is 0 Å². The lowest BCUT2D eigenvalue weighted by atomic mass is 10.1. The highest BCUT2D eigenvalue weighted by molar-refractivity contribution is 9.09. The van der Waals surface area contributed by atoms with Crippen LogP contribution in [0.25, 0.3) is 0 Å². The van der Waals surface area contributed by atoms with Gasteiger partial charge in [-0.1, -0.05) is 53.6 Å². The molecule has 0 aromatic carbocycles. The van der Waals surface area contributed by atoms with Gasteiger partial charge in [0, 0.05) is 4.83 Å². The van der Waals surface area contributed by atoms with Gasteiger partial charge in [0.1, 0.15) is 0 Å². The molecule has 0 heterocycles. The molecule has 0 N–H and O–H groups in total. The minimum absolute atomic E-state index is 0.485. The van der Waals surface area contributed by atoms with E-state index < -0.39 is 0 Å². The smallest absolute Gasteiger partial charge is 0.0302 e. The molecule has 0 aromatic rings. The molecule has 0 aliphatic rings. The number of halogens is 1. The van der Waals surface area contributed by atoms with Gasteiger partial charge in [-0.3, -0.25) is 0 Å². The molecule has 0 radical (unpaired) electrons. The van der Waals surface area contributed by atoms with Crippen LogP contribution in [0.15, 0.2) is 23.8 Å². The van der Waals surface area contributed by atoms with Gasteiger partial charge in [-0.25, -0.2) is 0 Å². The average Bonchev–Trinajstić information content (AvgIpc) is 1.97. The fourth-order valence-electron chi connectivity index (χ4n) is 0.855. The maximum absolute atomic E-state index is 3.50. The topological polar surface area (TPSA) is 0 Å². The molecule has 11 heavy (non-hydrogen) atoms. The largest absolute Gasteiger partial charge is 0.0848 e. The van der Waals surface area contributed by atoms with Crippen LogP contribution in [-0.2, 0) is 0 Å². The lowest BCUT2D eigenvalue weighted by Crippen LogP contribution is -1.85. The minimum Gasteiger partial charge on any atom is -0.0848 e. The van der Waals surface area contributed by atoms with Crippen molar-refractivity contribution < 1.29 is 0 Å². The Kier molecular flexibility index (Phi) is 6.63. The zero-order valence-corrected chi connectivity index (χ0v) is 9.19. The van der Waals surface area contributed by atoms with Crippen LogP contribution in [0.5, 0.6) is 0 Å². The van der Waals surface area contributed by atoms with E-state index in [-0.39, 0.29) is 0 Å². The average molecular weight is 217 g/mol. The Morgan fingerprint density at radius 2 is 2.09 bits per heavy atom.